The normalized spacial score (nSPS) is 12.3. The molecule has 0 aliphatic heterocycles. The van der Waals surface area contributed by atoms with Crippen LogP contribution in [0.5, 0.6) is 5.75 Å². The number of sulfone groups is 1. The largest absolute Gasteiger partial charge is 0.495 e. The van der Waals surface area contributed by atoms with E-state index < -0.39 is 19.9 Å². The van der Waals surface area contributed by atoms with Crippen molar-refractivity contribution in [1.29, 1.82) is 0 Å². The van der Waals surface area contributed by atoms with Crippen LogP contribution in [0.25, 0.3) is 0 Å². The summed E-state index contributed by atoms with van der Waals surface area (Å²) in [6.07, 6.45) is 1.03. The van der Waals surface area contributed by atoms with Gasteiger partial charge in [0.2, 0.25) is 10.0 Å². The maximum Gasteiger partial charge on any atom is 0.246 e. The second-order valence-electron chi connectivity index (χ2n) is 5.33. The van der Waals surface area contributed by atoms with E-state index in [-0.39, 0.29) is 22.1 Å². The Balaban J connectivity index is 2.47. The number of hydrogen-bond donors (Lipinski definition) is 0. The van der Waals surface area contributed by atoms with Crippen LogP contribution in [0.1, 0.15) is 5.56 Å². The third kappa shape index (κ3) is 3.95. The van der Waals surface area contributed by atoms with Crippen molar-refractivity contribution in [3.63, 3.8) is 0 Å². The smallest absolute Gasteiger partial charge is 0.246 e. The summed E-state index contributed by atoms with van der Waals surface area (Å²) in [5.74, 6) is 0.0994. The average Bonchev–Trinajstić information content (AvgIpc) is 2.54. The summed E-state index contributed by atoms with van der Waals surface area (Å²) in [6, 6.07) is 12.9. The van der Waals surface area contributed by atoms with Gasteiger partial charge in [0.15, 0.2) is 9.84 Å². The van der Waals surface area contributed by atoms with Crippen LogP contribution in [0.3, 0.4) is 0 Å². The molecule has 0 saturated carbocycles. The monoisotopic (exact) mass is 369 g/mol. The van der Waals surface area contributed by atoms with E-state index in [1.165, 1.54) is 26.3 Å². The van der Waals surface area contributed by atoms with Crippen molar-refractivity contribution >= 4 is 19.9 Å². The molecule has 0 aromatic heterocycles. The van der Waals surface area contributed by atoms with Crippen LogP contribution in [0.4, 0.5) is 0 Å². The molecule has 6 nitrogen and oxygen atoms in total. The molecule has 0 atom stereocenters. The van der Waals surface area contributed by atoms with Gasteiger partial charge >= 0.3 is 0 Å². The van der Waals surface area contributed by atoms with Crippen molar-refractivity contribution in [3.05, 3.63) is 54.1 Å². The third-order valence-electron chi connectivity index (χ3n) is 3.50. The molecule has 0 N–H and O–H groups in total. The highest BCUT2D eigenvalue weighted by Crippen LogP contribution is 2.29. The second kappa shape index (κ2) is 6.92. The summed E-state index contributed by atoms with van der Waals surface area (Å²) in [5, 5.41) is 0. The Morgan fingerprint density at radius 1 is 1.00 bits per heavy atom. The van der Waals surface area contributed by atoms with E-state index in [1.807, 2.05) is 30.3 Å². The fourth-order valence-corrected chi connectivity index (χ4v) is 4.24. The summed E-state index contributed by atoms with van der Waals surface area (Å²) >= 11 is 0. The first-order valence-electron chi connectivity index (χ1n) is 7.04. The standard InChI is InChI=1S/C16H19NO5S2/c1-17(12-13-7-5-4-6-8-13)24(20,21)16-11-14(23(3,18)19)9-10-15(16)22-2/h4-11H,12H2,1-3H3. The Labute approximate surface area is 142 Å². The first-order chi connectivity index (χ1) is 11.2. The van der Waals surface area contributed by atoms with E-state index in [9.17, 15) is 16.8 Å². The lowest BCUT2D eigenvalue weighted by Crippen LogP contribution is -2.27. The van der Waals surface area contributed by atoms with Gasteiger partial charge in [-0.3, -0.25) is 0 Å². The van der Waals surface area contributed by atoms with Crippen LogP contribution >= 0.6 is 0 Å². The molecule has 2 aromatic rings. The predicted octanol–water partition coefficient (Wildman–Crippen LogP) is 1.92. The predicted molar refractivity (Wildman–Crippen MR) is 91.2 cm³/mol. The number of nitrogens with zero attached hydrogens (tertiary/aromatic N) is 1. The van der Waals surface area contributed by atoms with E-state index in [4.69, 9.17) is 4.74 Å². The van der Waals surface area contributed by atoms with Gasteiger partial charge in [-0.15, -0.1) is 0 Å². The van der Waals surface area contributed by atoms with Crippen molar-refractivity contribution in [1.82, 2.24) is 4.31 Å². The summed E-state index contributed by atoms with van der Waals surface area (Å²) in [5.41, 5.74) is 0.821. The van der Waals surface area contributed by atoms with E-state index in [1.54, 1.807) is 0 Å². The Kier molecular flexibility index (Phi) is 5.32. The van der Waals surface area contributed by atoms with Gasteiger partial charge in [-0.05, 0) is 23.8 Å². The number of ether oxygens (including phenoxy) is 1. The van der Waals surface area contributed by atoms with Gasteiger partial charge in [-0.1, -0.05) is 30.3 Å². The summed E-state index contributed by atoms with van der Waals surface area (Å²) < 4.78 is 55.4. The first-order valence-corrected chi connectivity index (χ1v) is 10.4. The lowest BCUT2D eigenvalue weighted by molar-refractivity contribution is 0.397. The molecule has 0 heterocycles. The lowest BCUT2D eigenvalue weighted by atomic mass is 10.2. The molecule has 24 heavy (non-hydrogen) atoms. The molecule has 0 radical (unpaired) electrons. The molecule has 0 bridgehead atoms. The van der Waals surface area contributed by atoms with Gasteiger partial charge in [0.1, 0.15) is 10.6 Å². The zero-order chi connectivity index (χ0) is 18.0. The minimum absolute atomic E-state index is 0.0741. The summed E-state index contributed by atoms with van der Waals surface area (Å²) in [6.45, 7) is 0.162. The van der Waals surface area contributed by atoms with E-state index in [0.29, 0.717) is 0 Å². The van der Waals surface area contributed by atoms with Crippen molar-refractivity contribution in [2.45, 2.75) is 16.3 Å². The van der Waals surface area contributed by atoms with Crippen LogP contribution in [-0.2, 0) is 26.4 Å². The van der Waals surface area contributed by atoms with Gasteiger partial charge in [-0.25, -0.2) is 16.8 Å². The minimum Gasteiger partial charge on any atom is -0.495 e. The fraction of sp³-hybridized carbons (Fsp3) is 0.250. The maximum atomic E-state index is 12.8. The van der Waals surface area contributed by atoms with Gasteiger partial charge < -0.3 is 4.74 Å². The molecule has 130 valence electrons. The number of benzene rings is 2. The molecule has 2 aromatic carbocycles. The topological polar surface area (TPSA) is 80.8 Å². The second-order valence-corrected chi connectivity index (χ2v) is 9.36. The Morgan fingerprint density at radius 3 is 2.17 bits per heavy atom. The molecule has 0 aliphatic rings. The Morgan fingerprint density at radius 2 is 1.62 bits per heavy atom. The molecule has 2 rings (SSSR count). The molecular formula is C16H19NO5S2. The minimum atomic E-state index is -3.92. The fourth-order valence-electron chi connectivity index (χ4n) is 2.18. The number of hydrogen-bond acceptors (Lipinski definition) is 5. The van der Waals surface area contributed by atoms with Crippen LogP contribution in [0, 0.1) is 0 Å². The molecule has 0 amide bonds. The highest BCUT2D eigenvalue weighted by Gasteiger charge is 2.26. The zero-order valence-electron chi connectivity index (χ0n) is 13.6. The lowest BCUT2D eigenvalue weighted by Gasteiger charge is -2.19. The molecule has 8 heteroatoms. The highest BCUT2D eigenvalue weighted by atomic mass is 32.2. The maximum absolute atomic E-state index is 12.8. The van der Waals surface area contributed by atoms with E-state index >= 15 is 0 Å². The van der Waals surface area contributed by atoms with Crippen molar-refractivity contribution in [3.8, 4) is 5.75 Å². The van der Waals surface area contributed by atoms with Crippen molar-refractivity contribution in [2.24, 2.45) is 0 Å². The number of sulfonamides is 1. The molecular weight excluding hydrogens is 350 g/mol. The zero-order valence-corrected chi connectivity index (χ0v) is 15.3. The van der Waals surface area contributed by atoms with Crippen LogP contribution < -0.4 is 4.74 Å². The molecule has 0 spiro atoms. The highest BCUT2D eigenvalue weighted by molar-refractivity contribution is 7.91. The molecule has 0 saturated heterocycles. The van der Waals surface area contributed by atoms with Gasteiger partial charge in [0.05, 0.1) is 12.0 Å². The summed E-state index contributed by atoms with van der Waals surface area (Å²) in [4.78, 5) is -0.249. The van der Waals surface area contributed by atoms with Crippen LogP contribution in [-0.4, -0.2) is 41.6 Å². The SMILES string of the molecule is COc1ccc(S(C)(=O)=O)cc1S(=O)(=O)N(C)Cc1ccccc1. The molecule has 0 aliphatic carbocycles. The first kappa shape index (κ1) is 18.4. The quantitative estimate of drug-likeness (QED) is 0.777. The molecule has 0 unspecified atom stereocenters. The van der Waals surface area contributed by atoms with Crippen LogP contribution in [0.2, 0.25) is 0 Å². The van der Waals surface area contributed by atoms with E-state index in [0.717, 1.165) is 22.2 Å². The third-order valence-corrected chi connectivity index (χ3v) is 6.43. The van der Waals surface area contributed by atoms with Crippen molar-refractivity contribution < 1.29 is 21.6 Å². The van der Waals surface area contributed by atoms with Gasteiger partial charge in [0, 0.05) is 19.8 Å². The summed E-state index contributed by atoms with van der Waals surface area (Å²) in [7, 11) is -4.67. The van der Waals surface area contributed by atoms with Crippen LogP contribution in [0.15, 0.2) is 58.3 Å². The molecule has 0 fully saturated rings. The Hall–Kier alpha value is -1.90. The van der Waals surface area contributed by atoms with Crippen molar-refractivity contribution in [2.75, 3.05) is 20.4 Å². The number of methoxy groups -OCH3 is 1. The van der Waals surface area contributed by atoms with Gasteiger partial charge in [0.25, 0.3) is 0 Å². The number of rotatable bonds is 6. The Bertz CT molecular complexity index is 922. The van der Waals surface area contributed by atoms with Gasteiger partial charge in [-0.2, -0.15) is 4.31 Å². The average molecular weight is 369 g/mol. The van der Waals surface area contributed by atoms with E-state index in [2.05, 4.69) is 0 Å².